The zero-order valence-corrected chi connectivity index (χ0v) is 10.1. The van der Waals surface area contributed by atoms with Crippen LogP contribution in [-0.2, 0) is 4.79 Å². The van der Waals surface area contributed by atoms with E-state index in [1.807, 2.05) is 4.90 Å². The highest BCUT2D eigenvalue weighted by molar-refractivity contribution is 5.76. The topological polar surface area (TPSA) is 46.3 Å². The Bertz CT molecular complexity index is 218. The third-order valence-corrected chi connectivity index (χ3v) is 3.40. The van der Waals surface area contributed by atoms with Crippen LogP contribution < -0.4 is 5.73 Å². The molecule has 1 rings (SSSR count). The Kier molecular flexibility index (Phi) is 4.58. The number of carbonyl (C=O) groups is 1. The van der Waals surface area contributed by atoms with Crippen LogP contribution in [0.4, 0.5) is 0 Å². The summed E-state index contributed by atoms with van der Waals surface area (Å²) in [6.07, 6.45) is 5.14. The first-order valence-electron chi connectivity index (χ1n) is 6.09. The van der Waals surface area contributed by atoms with Crippen molar-refractivity contribution in [1.29, 1.82) is 0 Å². The van der Waals surface area contributed by atoms with Gasteiger partial charge in [0.15, 0.2) is 0 Å². The molecule has 0 radical (unpaired) electrons. The van der Waals surface area contributed by atoms with Crippen molar-refractivity contribution in [3.05, 3.63) is 0 Å². The molecule has 1 amide bonds. The Labute approximate surface area is 93.0 Å². The van der Waals surface area contributed by atoms with E-state index in [4.69, 9.17) is 5.73 Å². The molecule has 0 saturated carbocycles. The van der Waals surface area contributed by atoms with Crippen molar-refractivity contribution in [1.82, 2.24) is 4.90 Å². The first kappa shape index (κ1) is 12.5. The molecule has 0 aromatic rings. The zero-order chi connectivity index (χ0) is 11.3. The molecule has 1 aliphatic heterocycles. The van der Waals surface area contributed by atoms with Crippen molar-refractivity contribution in [2.24, 2.45) is 11.1 Å². The van der Waals surface area contributed by atoms with E-state index < -0.39 is 0 Å². The lowest BCUT2D eigenvalue weighted by molar-refractivity contribution is -0.130. The van der Waals surface area contributed by atoms with E-state index in [1.54, 1.807) is 0 Å². The summed E-state index contributed by atoms with van der Waals surface area (Å²) in [4.78, 5) is 13.8. The van der Waals surface area contributed by atoms with Gasteiger partial charge in [-0.05, 0) is 24.8 Å². The molecule has 88 valence electrons. The van der Waals surface area contributed by atoms with E-state index in [1.165, 1.54) is 6.42 Å². The smallest absolute Gasteiger partial charge is 0.222 e. The van der Waals surface area contributed by atoms with E-state index in [0.717, 1.165) is 32.4 Å². The number of likely N-dealkylation sites (tertiary alicyclic amines) is 1. The first-order chi connectivity index (χ1) is 7.11. The summed E-state index contributed by atoms with van der Waals surface area (Å²) >= 11 is 0. The third kappa shape index (κ3) is 3.49. The molecule has 0 aromatic heterocycles. The van der Waals surface area contributed by atoms with E-state index in [0.29, 0.717) is 18.9 Å². The van der Waals surface area contributed by atoms with Gasteiger partial charge in [0.25, 0.3) is 0 Å². The highest BCUT2D eigenvalue weighted by Crippen LogP contribution is 2.28. The molecule has 1 aliphatic rings. The number of nitrogens with two attached hydrogens (primary N) is 1. The minimum atomic E-state index is 0.167. The summed E-state index contributed by atoms with van der Waals surface area (Å²) in [5, 5.41) is 0. The quantitative estimate of drug-likeness (QED) is 0.706. The van der Waals surface area contributed by atoms with Crippen LogP contribution in [-0.4, -0.2) is 30.4 Å². The van der Waals surface area contributed by atoms with Gasteiger partial charge in [-0.3, -0.25) is 4.79 Å². The Morgan fingerprint density at radius 3 is 2.73 bits per heavy atom. The van der Waals surface area contributed by atoms with Gasteiger partial charge in [-0.1, -0.05) is 26.7 Å². The molecule has 0 aromatic carbocycles. The summed E-state index contributed by atoms with van der Waals surface area (Å²) in [5.41, 5.74) is 5.88. The van der Waals surface area contributed by atoms with Gasteiger partial charge in [0.1, 0.15) is 0 Å². The maximum absolute atomic E-state index is 11.8. The van der Waals surface area contributed by atoms with Crippen molar-refractivity contribution < 1.29 is 4.79 Å². The average molecular weight is 212 g/mol. The summed E-state index contributed by atoms with van der Waals surface area (Å²) in [7, 11) is 0. The number of rotatable bonds is 5. The standard InChI is InChI=1S/C12H24N2O/c1-3-4-5-6-11(15)14-8-7-12(2,9-13)10-14/h3-10,13H2,1-2H3. The second kappa shape index (κ2) is 5.50. The lowest BCUT2D eigenvalue weighted by Crippen LogP contribution is -2.34. The van der Waals surface area contributed by atoms with Crippen molar-refractivity contribution in [2.75, 3.05) is 19.6 Å². The minimum Gasteiger partial charge on any atom is -0.342 e. The fourth-order valence-electron chi connectivity index (χ4n) is 2.09. The number of unbranched alkanes of at least 4 members (excludes halogenated alkanes) is 2. The van der Waals surface area contributed by atoms with Crippen LogP contribution in [0.3, 0.4) is 0 Å². The fraction of sp³-hybridized carbons (Fsp3) is 0.917. The molecule has 0 aliphatic carbocycles. The van der Waals surface area contributed by atoms with E-state index >= 15 is 0 Å². The Morgan fingerprint density at radius 1 is 1.47 bits per heavy atom. The average Bonchev–Trinajstić information content (AvgIpc) is 2.62. The highest BCUT2D eigenvalue weighted by Gasteiger charge is 2.34. The van der Waals surface area contributed by atoms with Gasteiger partial charge in [0.2, 0.25) is 5.91 Å². The molecular weight excluding hydrogens is 188 g/mol. The number of amides is 1. The van der Waals surface area contributed by atoms with E-state index in [2.05, 4.69) is 13.8 Å². The molecule has 1 fully saturated rings. The lowest BCUT2D eigenvalue weighted by atomic mass is 9.90. The van der Waals surface area contributed by atoms with Gasteiger partial charge in [-0.2, -0.15) is 0 Å². The van der Waals surface area contributed by atoms with Crippen LogP contribution >= 0.6 is 0 Å². The number of hydrogen-bond acceptors (Lipinski definition) is 2. The van der Waals surface area contributed by atoms with Crippen LogP contribution in [0.15, 0.2) is 0 Å². The molecule has 3 heteroatoms. The molecule has 1 atom stereocenters. The van der Waals surface area contributed by atoms with Crippen LogP contribution in [0.5, 0.6) is 0 Å². The predicted molar refractivity (Wildman–Crippen MR) is 62.5 cm³/mol. The molecule has 1 unspecified atom stereocenters. The molecule has 0 spiro atoms. The zero-order valence-electron chi connectivity index (χ0n) is 10.1. The van der Waals surface area contributed by atoms with Gasteiger partial charge in [-0.25, -0.2) is 0 Å². The normalized spacial score (nSPS) is 25.9. The third-order valence-electron chi connectivity index (χ3n) is 3.40. The maximum Gasteiger partial charge on any atom is 0.222 e. The first-order valence-corrected chi connectivity index (χ1v) is 6.09. The molecular formula is C12H24N2O. The minimum absolute atomic E-state index is 0.167. The van der Waals surface area contributed by atoms with E-state index in [-0.39, 0.29) is 5.41 Å². The van der Waals surface area contributed by atoms with Crippen molar-refractivity contribution in [2.45, 2.75) is 46.0 Å². The Balaban J connectivity index is 2.30. The largest absolute Gasteiger partial charge is 0.342 e. The highest BCUT2D eigenvalue weighted by atomic mass is 16.2. The van der Waals surface area contributed by atoms with Crippen LogP contribution in [0, 0.1) is 5.41 Å². The molecule has 15 heavy (non-hydrogen) atoms. The molecule has 0 bridgehead atoms. The second-order valence-corrected chi connectivity index (χ2v) is 5.04. The Hall–Kier alpha value is -0.570. The lowest BCUT2D eigenvalue weighted by Gasteiger charge is -2.22. The van der Waals surface area contributed by atoms with Gasteiger partial charge in [-0.15, -0.1) is 0 Å². The van der Waals surface area contributed by atoms with Crippen LogP contribution in [0.2, 0.25) is 0 Å². The van der Waals surface area contributed by atoms with Gasteiger partial charge < -0.3 is 10.6 Å². The monoisotopic (exact) mass is 212 g/mol. The molecule has 2 N–H and O–H groups in total. The molecule has 3 nitrogen and oxygen atoms in total. The predicted octanol–water partition coefficient (Wildman–Crippen LogP) is 1.76. The van der Waals surface area contributed by atoms with Crippen molar-refractivity contribution in [3.8, 4) is 0 Å². The summed E-state index contributed by atoms with van der Waals surface area (Å²) < 4.78 is 0. The van der Waals surface area contributed by atoms with Crippen molar-refractivity contribution in [3.63, 3.8) is 0 Å². The number of hydrogen-bond donors (Lipinski definition) is 1. The van der Waals surface area contributed by atoms with Gasteiger partial charge in [0.05, 0.1) is 0 Å². The molecule has 1 heterocycles. The summed E-state index contributed by atoms with van der Waals surface area (Å²) in [5.74, 6) is 0.320. The number of nitrogens with zero attached hydrogens (tertiary/aromatic N) is 1. The second-order valence-electron chi connectivity index (χ2n) is 5.04. The van der Waals surface area contributed by atoms with Crippen molar-refractivity contribution >= 4 is 5.91 Å². The van der Waals surface area contributed by atoms with Crippen LogP contribution in [0.1, 0.15) is 46.0 Å². The van der Waals surface area contributed by atoms with Gasteiger partial charge >= 0.3 is 0 Å². The van der Waals surface area contributed by atoms with Crippen LogP contribution in [0.25, 0.3) is 0 Å². The van der Waals surface area contributed by atoms with Gasteiger partial charge in [0, 0.05) is 19.5 Å². The summed E-state index contributed by atoms with van der Waals surface area (Å²) in [6.45, 7) is 6.77. The number of carbonyl (C=O) groups excluding carboxylic acids is 1. The Morgan fingerprint density at radius 2 is 2.20 bits per heavy atom. The fourth-order valence-corrected chi connectivity index (χ4v) is 2.09. The molecule has 1 saturated heterocycles. The SMILES string of the molecule is CCCCCC(=O)N1CCC(C)(CN)C1. The maximum atomic E-state index is 11.8. The summed E-state index contributed by atoms with van der Waals surface area (Å²) in [6, 6.07) is 0. The van der Waals surface area contributed by atoms with E-state index in [9.17, 15) is 4.79 Å².